The molecule has 0 amide bonds. The van der Waals surface area contributed by atoms with Gasteiger partial charge in [0.15, 0.2) is 6.23 Å². The molecular weight excluding hydrogens is 280 g/mol. The molecule has 2 atom stereocenters. The second-order valence-electron chi connectivity index (χ2n) is 4.39. The summed E-state index contributed by atoms with van der Waals surface area (Å²) in [4.78, 5) is 25.1. The number of nitrogens with zero attached hydrogens (tertiary/aromatic N) is 1. The fourth-order valence-corrected chi connectivity index (χ4v) is 1.66. The summed E-state index contributed by atoms with van der Waals surface area (Å²) in [5.41, 5.74) is -1.07. The highest BCUT2D eigenvalue weighted by molar-refractivity contribution is 4.84. The van der Waals surface area contributed by atoms with Gasteiger partial charge < -0.3 is 19.3 Å². The van der Waals surface area contributed by atoms with Crippen molar-refractivity contribution >= 4 is 0 Å². The maximum atomic E-state index is 11.8. The lowest BCUT2D eigenvalue weighted by Gasteiger charge is -2.24. The third-order valence-electron chi connectivity index (χ3n) is 2.86. The lowest BCUT2D eigenvalue weighted by Crippen LogP contribution is -2.36. The number of ether oxygens (including phenoxy) is 3. The predicted octanol–water partition coefficient (Wildman–Crippen LogP) is -0.514. The monoisotopic (exact) mass is 302 g/mol. The van der Waals surface area contributed by atoms with E-state index in [9.17, 15) is 14.7 Å². The number of H-pyrrole nitrogens is 1. The van der Waals surface area contributed by atoms with Crippen LogP contribution in [0.3, 0.4) is 0 Å². The third-order valence-corrected chi connectivity index (χ3v) is 2.86. The topological polar surface area (TPSA) is 103 Å². The Bertz CT molecular complexity index is 508. The summed E-state index contributed by atoms with van der Waals surface area (Å²) in [5.74, 6) is 0. The summed E-state index contributed by atoms with van der Waals surface area (Å²) in [6, 6.07) is 1.23. The van der Waals surface area contributed by atoms with Crippen LogP contribution in [0.1, 0.15) is 19.6 Å². The van der Waals surface area contributed by atoms with Crippen LogP contribution in [0.15, 0.2) is 21.9 Å². The summed E-state index contributed by atoms with van der Waals surface area (Å²) in [6.07, 6.45) is 0.779. The minimum atomic E-state index is -0.733. The van der Waals surface area contributed by atoms with E-state index in [1.807, 2.05) is 6.92 Å². The van der Waals surface area contributed by atoms with Crippen molar-refractivity contribution in [2.24, 2.45) is 0 Å². The molecule has 0 unspecified atom stereocenters. The van der Waals surface area contributed by atoms with E-state index >= 15 is 0 Å². The number of aromatic nitrogens is 2. The SMILES string of the molecule is CC[C@@H](CO)O[C@H](COCCOC)n1ccc(=O)[nH]c1=O. The quantitative estimate of drug-likeness (QED) is 0.564. The smallest absolute Gasteiger partial charge is 0.330 e. The van der Waals surface area contributed by atoms with Crippen molar-refractivity contribution in [3.05, 3.63) is 33.1 Å². The first kappa shape index (κ1) is 17.6. The number of hydrogen-bond acceptors (Lipinski definition) is 6. The summed E-state index contributed by atoms with van der Waals surface area (Å²) < 4.78 is 17.1. The summed E-state index contributed by atoms with van der Waals surface area (Å²) in [5, 5.41) is 9.21. The van der Waals surface area contributed by atoms with Crippen LogP contribution < -0.4 is 11.2 Å². The number of aliphatic hydroxyl groups is 1. The van der Waals surface area contributed by atoms with Gasteiger partial charge in [0, 0.05) is 19.4 Å². The molecule has 8 nitrogen and oxygen atoms in total. The zero-order valence-corrected chi connectivity index (χ0v) is 12.3. The zero-order valence-electron chi connectivity index (χ0n) is 12.3. The molecule has 1 rings (SSSR count). The molecule has 0 aliphatic heterocycles. The van der Waals surface area contributed by atoms with E-state index in [1.165, 1.54) is 16.8 Å². The van der Waals surface area contributed by atoms with Crippen LogP contribution >= 0.6 is 0 Å². The molecule has 1 heterocycles. The lowest BCUT2D eigenvalue weighted by molar-refractivity contribution is -0.114. The van der Waals surface area contributed by atoms with Gasteiger partial charge >= 0.3 is 5.69 Å². The van der Waals surface area contributed by atoms with Crippen LogP contribution in [0, 0.1) is 0 Å². The van der Waals surface area contributed by atoms with Crippen molar-refractivity contribution in [1.29, 1.82) is 0 Å². The van der Waals surface area contributed by atoms with Crippen LogP contribution in [0.25, 0.3) is 0 Å². The Hall–Kier alpha value is -1.48. The van der Waals surface area contributed by atoms with Crippen molar-refractivity contribution in [2.45, 2.75) is 25.7 Å². The first-order chi connectivity index (χ1) is 10.1. The average Bonchev–Trinajstić information content (AvgIpc) is 2.47. The highest BCUT2D eigenvalue weighted by Crippen LogP contribution is 2.11. The van der Waals surface area contributed by atoms with Gasteiger partial charge in [-0.2, -0.15) is 0 Å². The fraction of sp³-hybridized carbons (Fsp3) is 0.692. The molecule has 0 radical (unpaired) electrons. The van der Waals surface area contributed by atoms with Crippen molar-refractivity contribution in [3.8, 4) is 0 Å². The number of methoxy groups -OCH3 is 1. The Labute approximate surface area is 122 Å². The maximum Gasteiger partial charge on any atom is 0.330 e. The number of nitrogens with one attached hydrogen (secondary N) is 1. The third kappa shape index (κ3) is 5.80. The molecule has 0 aliphatic rings. The Balaban J connectivity index is 2.83. The van der Waals surface area contributed by atoms with Gasteiger partial charge in [0.05, 0.1) is 32.5 Å². The highest BCUT2D eigenvalue weighted by Gasteiger charge is 2.18. The van der Waals surface area contributed by atoms with Gasteiger partial charge in [0.1, 0.15) is 0 Å². The Morgan fingerprint density at radius 3 is 2.71 bits per heavy atom. The lowest BCUT2D eigenvalue weighted by atomic mass is 10.3. The van der Waals surface area contributed by atoms with Crippen molar-refractivity contribution in [3.63, 3.8) is 0 Å². The molecular formula is C13H22N2O6. The standard InChI is InChI=1S/C13H22N2O6/c1-3-10(8-16)21-12(9-20-7-6-19-2)15-5-4-11(17)14-13(15)18/h4-5,10,12,16H,3,6-9H2,1-2H3,(H,14,17,18)/t10-,12+/m0/s1. The fourth-order valence-electron chi connectivity index (χ4n) is 1.66. The predicted molar refractivity (Wildman–Crippen MR) is 75.3 cm³/mol. The van der Waals surface area contributed by atoms with Gasteiger partial charge in [-0.05, 0) is 6.42 Å². The molecule has 0 fully saturated rings. The average molecular weight is 302 g/mol. The van der Waals surface area contributed by atoms with E-state index in [0.717, 1.165) is 0 Å². The molecule has 0 spiro atoms. The largest absolute Gasteiger partial charge is 0.394 e. The van der Waals surface area contributed by atoms with E-state index in [-0.39, 0.29) is 13.2 Å². The highest BCUT2D eigenvalue weighted by atomic mass is 16.6. The number of hydrogen-bond donors (Lipinski definition) is 2. The van der Waals surface area contributed by atoms with Gasteiger partial charge in [-0.1, -0.05) is 6.92 Å². The first-order valence-corrected chi connectivity index (χ1v) is 6.76. The van der Waals surface area contributed by atoms with Crippen LogP contribution in [-0.4, -0.2) is 54.3 Å². The molecule has 0 aromatic carbocycles. The normalized spacial score (nSPS) is 14.0. The Morgan fingerprint density at radius 1 is 1.38 bits per heavy atom. The zero-order chi connectivity index (χ0) is 15.7. The van der Waals surface area contributed by atoms with Crippen molar-refractivity contribution < 1.29 is 19.3 Å². The van der Waals surface area contributed by atoms with Gasteiger partial charge in [-0.15, -0.1) is 0 Å². The van der Waals surface area contributed by atoms with E-state index in [2.05, 4.69) is 4.98 Å². The molecule has 2 N–H and O–H groups in total. The molecule has 21 heavy (non-hydrogen) atoms. The molecule has 0 saturated heterocycles. The second kappa shape index (κ2) is 9.46. The Kier molecular flexibility index (Phi) is 7.91. The molecule has 1 aromatic rings. The van der Waals surface area contributed by atoms with Crippen LogP contribution in [0.2, 0.25) is 0 Å². The van der Waals surface area contributed by atoms with Gasteiger partial charge in [-0.25, -0.2) is 4.79 Å². The van der Waals surface area contributed by atoms with E-state index in [0.29, 0.717) is 19.6 Å². The van der Waals surface area contributed by atoms with Crippen molar-refractivity contribution in [2.75, 3.05) is 33.5 Å². The van der Waals surface area contributed by atoms with Crippen molar-refractivity contribution in [1.82, 2.24) is 9.55 Å². The summed E-state index contributed by atoms with van der Waals surface area (Å²) in [7, 11) is 1.56. The first-order valence-electron chi connectivity index (χ1n) is 6.76. The molecule has 0 aliphatic carbocycles. The molecule has 0 saturated carbocycles. The molecule has 0 bridgehead atoms. The van der Waals surface area contributed by atoms with E-state index in [1.54, 1.807) is 7.11 Å². The Morgan fingerprint density at radius 2 is 2.14 bits per heavy atom. The number of rotatable bonds is 10. The van der Waals surface area contributed by atoms with Gasteiger partial charge in [0.2, 0.25) is 0 Å². The van der Waals surface area contributed by atoms with Crippen LogP contribution in [0.4, 0.5) is 0 Å². The van der Waals surface area contributed by atoms with Gasteiger partial charge in [0.25, 0.3) is 5.56 Å². The van der Waals surface area contributed by atoms with Crippen LogP contribution in [0.5, 0.6) is 0 Å². The maximum absolute atomic E-state index is 11.8. The minimum absolute atomic E-state index is 0.103. The minimum Gasteiger partial charge on any atom is -0.394 e. The molecule has 8 heteroatoms. The second-order valence-corrected chi connectivity index (χ2v) is 4.39. The number of aliphatic hydroxyl groups excluding tert-OH is 1. The summed E-state index contributed by atoms with van der Waals surface area (Å²) >= 11 is 0. The molecule has 120 valence electrons. The molecule has 1 aromatic heterocycles. The number of aromatic amines is 1. The van der Waals surface area contributed by atoms with E-state index in [4.69, 9.17) is 14.2 Å². The summed E-state index contributed by atoms with van der Waals surface area (Å²) in [6.45, 7) is 2.57. The van der Waals surface area contributed by atoms with Crippen LogP contribution in [-0.2, 0) is 14.2 Å². The van der Waals surface area contributed by atoms with E-state index < -0.39 is 23.6 Å². The van der Waals surface area contributed by atoms with Gasteiger partial charge in [-0.3, -0.25) is 14.3 Å².